The van der Waals surface area contributed by atoms with E-state index in [4.69, 9.17) is 9.47 Å². The van der Waals surface area contributed by atoms with E-state index < -0.39 is 0 Å². The molecule has 28 heavy (non-hydrogen) atoms. The van der Waals surface area contributed by atoms with E-state index in [-0.39, 0.29) is 18.2 Å². The van der Waals surface area contributed by atoms with Crippen LogP contribution in [-0.4, -0.2) is 34.8 Å². The molecule has 4 rings (SSSR count). The highest BCUT2D eigenvalue weighted by Gasteiger charge is 2.23. The molecule has 0 spiro atoms. The van der Waals surface area contributed by atoms with Gasteiger partial charge in [0, 0.05) is 19.4 Å². The molecule has 2 amide bonds. The number of hydrogen-bond acceptors (Lipinski definition) is 4. The molecule has 1 aliphatic rings. The first-order chi connectivity index (χ1) is 13.7. The second-order valence-electron chi connectivity index (χ2n) is 6.59. The van der Waals surface area contributed by atoms with Crippen LogP contribution >= 0.6 is 0 Å². The summed E-state index contributed by atoms with van der Waals surface area (Å²) in [6.45, 7) is 0.723. The summed E-state index contributed by atoms with van der Waals surface area (Å²) < 4.78 is 13.5. The van der Waals surface area contributed by atoms with Gasteiger partial charge < -0.3 is 24.7 Å². The lowest BCUT2D eigenvalue weighted by Gasteiger charge is -2.27. The monoisotopic (exact) mass is 378 g/mol. The van der Waals surface area contributed by atoms with Gasteiger partial charge in [-0.25, -0.2) is 9.78 Å². The average molecular weight is 378 g/mol. The van der Waals surface area contributed by atoms with Gasteiger partial charge in [-0.1, -0.05) is 42.5 Å². The van der Waals surface area contributed by atoms with Crippen molar-refractivity contribution >= 4 is 6.03 Å². The van der Waals surface area contributed by atoms with Crippen molar-refractivity contribution in [2.45, 2.75) is 12.1 Å². The van der Waals surface area contributed by atoms with Crippen LogP contribution in [-0.2, 0) is 7.05 Å². The fraction of sp³-hybridized carbons (Fsp3) is 0.238. The SMILES string of the molecule is Cn1ccnc1[C@@H](NC(=O)NC[C@@H]1COc2ccccc2O1)c1ccccc1. The Hall–Kier alpha value is -3.48. The summed E-state index contributed by atoms with van der Waals surface area (Å²) in [5.41, 5.74) is 0.957. The topological polar surface area (TPSA) is 77.4 Å². The summed E-state index contributed by atoms with van der Waals surface area (Å²) in [4.78, 5) is 17.0. The van der Waals surface area contributed by atoms with Crippen LogP contribution in [0.5, 0.6) is 11.5 Å². The van der Waals surface area contributed by atoms with Crippen molar-refractivity contribution in [1.29, 1.82) is 0 Å². The Labute approximate surface area is 163 Å². The standard InChI is InChI=1S/C21H22N4O3/c1-25-12-11-22-20(25)19(15-7-3-2-4-8-15)24-21(26)23-13-16-14-27-17-9-5-6-10-18(17)28-16/h2-12,16,19H,13-14H2,1H3,(H2,23,24,26)/t16-,19+/m1/s1. The van der Waals surface area contributed by atoms with Crippen LogP contribution in [0, 0.1) is 0 Å². The molecule has 2 heterocycles. The summed E-state index contributed by atoms with van der Waals surface area (Å²) in [5.74, 6) is 2.17. The van der Waals surface area contributed by atoms with Gasteiger partial charge in [-0.15, -0.1) is 0 Å². The van der Waals surface area contributed by atoms with Crippen molar-refractivity contribution in [3.63, 3.8) is 0 Å². The van der Waals surface area contributed by atoms with E-state index in [2.05, 4.69) is 15.6 Å². The lowest BCUT2D eigenvalue weighted by atomic mass is 10.1. The number of ether oxygens (including phenoxy) is 2. The molecule has 2 aromatic carbocycles. The van der Waals surface area contributed by atoms with E-state index in [1.54, 1.807) is 6.20 Å². The molecule has 7 heteroatoms. The zero-order valence-electron chi connectivity index (χ0n) is 15.5. The van der Waals surface area contributed by atoms with Crippen molar-refractivity contribution < 1.29 is 14.3 Å². The predicted octanol–water partition coefficient (Wildman–Crippen LogP) is 2.65. The third-order valence-electron chi connectivity index (χ3n) is 4.58. The Bertz CT molecular complexity index is 942. The van der Waals surface area contributed by atoms with Crippen molar-refractivity contribution in [2.75, 3.05) is 13.2 Å². The first-order valence-corrected chi connectivity index (χ1v) is 9.16. The number of carbonyl (C=O) groups excluding carboxylic acids is 1. The fourth-order valence-electron chi connectivity index (χ4n) is 3.15. The number of imidazole rings is 1. The number of amides is 2. The molecule has 7 nitrogen and oxygen atoms in total. The van der Waals surface area contributed by atoms with Crippen molar-refractivity contribution in [3.8, 4) is 11.5 Å². The van der Waals surface area contributed by atoms with Gasteiger partial charge in [-0.05, 0) is 17.7 Å². The molecule has 2 N–H and O–H groups in total. The summed E-state index contributed by atoms with van der Waals surface area (Å²) in [7, 11) is 1.91. The van der Waals surface area contributed by atoms with E-state index in [9.17, 15) is 4.79 Å². The molecule has 0 aliphatic carbocycles. The summed E-state index contributed by atoms with van der Waals surface area (Å²) in [5, 5.41) is 5.88. The molecule has 0 bridgehead atoms. The number of benzene rings is 2. The molecule has 2 atom stereocenters. The van der Waals surface area contributed by atoms with E-state index in [0.29, 0.717) is 18.9 Å². The molecule has 0 fully saturated rings. The number of carbonyl (C=O) groups is 1. The minimum absolute atomic E-state index is 0.246. The highest BCUT2D eigenvalue weighted by molar-refractivity contribution is 5.74. The van der Waals surface area contributed by atoms with E-state index in [1.165, 1.54) is 0 Å². The first kappa shape index (κ1) is 17.9. The molecule has 144 valence electrons. The lowest BCUT2D eigenvalue weighted by molar-refractivity contribution is 0.0917. The van der Waals surface area contributed by atoms with Gasteiger partial charge >= 0.3 is 6.03 Å². The molecular formula is C21H22N4O3. The summed E-state index contributed by atoms with van der Waals surface area (Å²) >= 11 is 0. The van der Waals surface area contributed by atoms with Crippen LogP contribution in [0.4, 0.5) is 4.79 Å². The summed E-state index contributed by atoms with van der Waals surface area (Å²) in [6.07, 6.45) is 3.33. The Morgan fingerprint density at radius 1 is 1.18 bits per heavy atom. The number of urea groups is 1. The number of para-hydroxylation sites is 2. The predicted molar refractivity (Wildman–Crippen MR) is 104 cm³/mol. The Morgan fingerprint density at radius 2 is 1.93 bits per heavy atom. The van der Waals surface area contributed by atoms with Crippen molar-refractivity contribution in [2.24, 2.45) is 7.05 Å². The number of aryl methyl sites for hydroxylation is 1. The zero-order chi connectivity index (χ0) is 19.3. The lowest BCUT2D eigenvalue weighted by Crippen LogP contribution is -2.45. The highest BCUT2D eigenvalue weighted by atomic mass is 16.6. The molecule has 0 radical (unpaired) electrons. The molecule has 1 aromatic heterocycles. The normalized spacial score (nSPS) is 16.2. The molecule has 1 aliphatic heterocycles. The number of hydrogen-bond donors (Lipinski definition) is 2. The van der Waals surface area contributed by atoms with Crippen molar-refractivity contribution in [1.82, 2.24) is 20.2 Å². The molecule has 0 unspecified atom stereocenters. The van der Waals surface area contributed by atoms with Crippen LogP contribution in [0.25, 0.3) is 0 Å². The second-order valence-corrected chi connectivity index (χ2v) is 6.59. The minimum atomic E-state index is -0.356. The number of nitrogens with one attached hydrogen (secondary N) is 2. The van der Waals surface area contributed by atoms with Gasteiger partial charge in [-0.2, -0.15) is 0 Å². The minimum Gasteiger partial charge on any atom is -0.486 e. The van der Waals surface area contributed by atoms with Crippen LogP contribution in [0.1, 0.15) is 17.4 Å². The van der Waals surface area contributed by atoms with Crippen molar-refractivity contribution in [3.05, 3.63) is 78.4 Å². The van der Waals surface area contributed by atoms with Crippen LogP contribution < -0.4 is 20.1 Å². The van der Waals surface area contributed by atoms with Gasteiger partial charge in [0.05, 0.1) is 6.54 Å². The van der Waals surface area contributed by atoms with Crippen LogP contribution in [0.3, 0.4) is 0 Å². The number of fused-ring (bicyclic) bond motifs is 1. The van der Waals surface area contributed by atoms with E-state index >= 15 is 0 Å². The van der Waals surface area contributed by atoms with E-state index in [0.717, 1.165) is 17.1 Å². The Balaban J connectivity index is 1.39. The van der Waals surface area contributed by atoms with Gasteiger partial charge in [0.1, 0.15) is 18.5 Å². The zero-order valence-corrected chi connectivity index (χ0v) is 15.5. The summed E-state index contributed by atoms with van der Waals surface area (Å²) in [6, 6.07) is 16.6. The second kappa shape index (κ2) is 8.04. The number of nitrogens with zero attached hydrogens (tertiary/aromatic N) is 2. The highest BCUT2D eigenvalue weighted by Crippen LogP contribution is 2.30. The number of aromatic nitrogens is 2. The Morgan fingerprint density at radius 3 is 2.68 bits per heavy atom. The van der Waals surface area contributed by atoms with Gasteiger partial charge in [-0.3, -0.25) is 0 Å². The van der Waals surface area contributed by atoms with Crippen LogP contribution in [0.15, 0.2) is 67.0 Å². The van der Waals surface area contributed by atoms with Gasteiger partial charge in [0.25, 0.3) is 0 Å². The quantitative estimate of drug-likeness (QED) is 0.716. The third kappa shape index (κ3) is 3.93. The molecular weight excluding hydrogens is 356 g/mol. The van der Waals surface area contributed by atoms with E-state index in [1.807, 2.05) is 72.4 Å². The maximum Gasteiger partial charge on any atom is 0.315 e. The van der Waals surface area contributed by atoms with Gasteiger partial charge in [0.15, 0.2) is 17.6 Å². The first-order valence-electron chi connectivity index (χ1n) is 9.16. The van der Waals surface area contributed by atoms with Gasteiger partial charge in [0.2, 0.25) is 0 Å². The molecule has 0 saturated carbocycles. The maximum absolute atomic E-state index is 12.6. The maximum atomic E-state index is 12.6. The Kier molecular flexibility index (Phi) is 5.14. The average Bonchev–Trinajstić information content (AvgIpc) is 3.16. The third-order valence-corrected chi connectivity index (χ3v) is 4.58. The molecule has 0 saturated heterocycles. The largest absolute Gasteiger partial charge is 0.486 e. The molecule has 3 aromatic rings. The van der Waals surface area contributed by atoms with Crippen LogP contribution in [0.2, 0.25) is 0 Å². The smallest absolute Gasteiger partial charge is 0.315 e. The number of rotatable bonds is 5. The fourth-order valence-corrected chi connectivity index (χ4v) is 3.15.